The number of amides is 3. The Bertz CT molecular complexity index is 1020. The molecular weight excluding hydrogens is 470 g/mol. The minimum absolute atomic E-state index is 0.00801. The Kier molecular flexibility index (Phi) is 11.1. The van der Waals surface area contributed by atoms with Crippen LogP contribution in [-0.2, 0) is 32.1 Å². The van der Waals surface area contributed by atoms with Crippen molar-refractivity contribution in [1.29, 1.82) is 0 Å². The number of carbonyl (C=O) groups excluding carboxylic acids is 3. The summed E-state index contributed by atoms with van der Waals surface area (Å²) in [6.45, 7) is -0.555. The van der Waals surface area contributed by atoms with Crippen LogP contribution in [0, 0.1) is 0 Å². The van der Waals surface area contributed by atoms with Crippen molar-refractivity contribution in [1.82, 2.24) is 16.0 Å². The third kappa shape index (κ3) is 10.4. The predicted molar refractivity (Wildman–Crippen MR) is 130 cm³/mol. The van der Waals surface area contributed by atoms with E-state index in [-0.39, 0.29) is 25.9 Å². The highest BCUT2D eigenvalue weighted by molar-refractivity contribution is 5.90. The van der Waals surface area contributed by atoms with Gasteiger partial charge in [0.05, 0.1) is 6.54 Å². The monoisotopic (exact) mass is 501 g/mol. The lowest BCUT2D eigenvalue weighted by atomic mass is 10.1. The fraction of sp³-hybridized carbons (Fsp3) is 0.333. The van der Waals surface area contributed by atoms with Gasteiger partial charge < -0.3 is 42.4 Å². The van der Waals surface area contributed by atoms with Gasteiger partial charge in [-0.05, 0) is 36.1 Å². The highest BCUT2D eigenvalue weighted by Gasteiger charge is 2.24. The van der Waals surface area contributed by atoms with Gasteiger partial charge in [0, 0.05) is 12.1 Å². The molecule has 2 aromatic carbocycles. The van der Waals surface area contributed by atoms with Crippen molar-refractivity contribution in [3.05, 3.63) is 65.7 Å². The molecule has 2 aromatic rings. The number of ether oxygens (including phenoxy) is 1. The molecule has 0 aliphatic carbocycles. The summed E-state index contributed by atoms with van der Waals surface area (Å²) >= 11 is 0. The van der Waals surface area contributed by atoms with E-state index in [1.165, 1.54) is 0 Å². The highest BCUT2D eigenvalue weighted by atomic mass is 16.5. The van der Waals surface area contributed by atoms with Gasteiger partial charge in [0.25, 0.3) is 0 Å². The molecule has 3 amide bonds. The SMILES string of the molecule is Nc1ccc(CC(NC(=O)CNC(=O)C(CCC(N)O)NC(=O)OCc2ccccc2)C(=O)O)cc1. The Labute approximate surface area is 208 Å². The van der Waals surface area contributed by atoms with Crippen molar-refractivity contribution in [3.8, 4) is 0 Å². The van der Waals surface area contributed by atoms with E-state index in [1.54, 1.807) is 48.5 Å². The second-order valence-corrected chi connectivity index (χ2v) is 8.03. The van der Waals surface area contributed by atoms with Crippen molar-refractivity contribution < 1.29 is 34.1 Å². The second-order valence-electron chi connectivity index (χ2n) is 8.03. The van der Waals surface area contributed by atoms with E-state index < -0.39 is 48.7 Å². The van der Waals surface area contributed by atoms with Crippen molar-refractivity contribution in [2.75, 3.05) is 12.3 Å². The van der Waals surface area contributed by atoms with Crippen LogP contribution in [0.5, 0.6) is 0 Å². The molecule has 12 nitrogen and oxygen atoms in total. The highest BCUT2D eigenvalue weighted by Crippen LogP contribution is 2.08. The molecule has 0 spiro atoms. The lowest BCUT2D eigenvalue weighted by molar-refractivity contribution is -0.141. The van der Waals surface area contributed by atoms with Crippen molar-refractivity contribution >= 4 is 29.6 Å². The molecule has 3 atom stereocenters. The topological polar surface area (TPSA) is 206 Å². The summed E-state index contributed by atoms with van der Waals surface area (Å²) < 4.78 is 5.11. The maximum Gasteiger partial charge on any atom is 0.408 e. The number of benzene rings is 2. The summed E-state index contributed by atoms with van der Waals surface area (Å²) in [5, 5.41) is 25.9. The van der Waals surface area contributed by atoms with Crippen LogP contribution in [0.3, 0.4) is 0 Å². The van der Waals surface area contributed by atoms with Crippen LogP contribution < -0.4 is 27.4 Å². The van der Waals surface area contributed by atoms with E-state index in [9.17, 15) is 29.4 Å². The van der Waals surface area contributed by atoms with Crippen LogP contribution in [0.1, 0.15) is 24.0 Å². The van der Waals surface area contributed by atoms with Gasteiger partial charge in [-0.15, -0.1) is 0 Å². The van der Waals surface area contributed by atoms with Gasteiger partial charge in [-0.25, -0.2) is 9.59 Å². The number of hydrogen-bond donors (Lipinski definition) is 7. The number of aliphatic hydroxyl groups excluding tert-OH is 1. The second kappa shape index (κ2) is 14.3. The molecule has 0 bridgehead atoms. The quantitative estimate of drug-likeness (QED) is 0.144. The average Bonchev–Trinajstić information content (AvgIpc) is 2.85. The fourth-order valence-corrected chi connectivity index (χ4v) is 3.14. The lowest BCUT2D eigenvalue weighted by Crippen LogP contribution is -2.51. The molecule has 12 heteroatoms. The number of nitrogens with one attached hydrogen (secondary N) is 3. The standard InChI is InChI=1S/C24H31N5O7/c25-17-8-6-15(7-9-17)12-19(23(33)34)28-21(31)13-27-22(32)18(10-11-20(26)30)29-24(35)36-14-16-4-2-1-3-5-16/h1-9,18-20,30H,10-14,25-26H2,(H,27,32)(H,28,31)(H,29,35)(H,33,34). The molecule has 0 aliphatic rings. The maximum atomic E-state index is 12.6. The van der Waals surface area contributed by atoms with Gasteiger partial charge in [-0.2, -0.15) is 0 Å². The lowest BCUT2D eigenvalue weighted by Gasteiger charge is -2.19. The Hall–Kier alpha value is -4.16. The summed E-state index contributed by atoms with van der Waals surface area (Å²) in [7, 11) is 0. The molecule has 194 valence electrons. The Morgan fingerprint density at radius 2 is 1.56 bits per heavy atom. The third-order valence-corrected chi connectivity index (χ3v) is 5.05. The third-order valence-electron chi connectivity index (χ3n) is 5.05. The fourth-order valence-electron chi connectivity index (χ4n) is 3.14. The predicted octanol–water partition coefficient (Wildman–Crippen LogP) is -0.151. The normalized spacial score (nSPS) is 13.1. The van der Waals surface area contributed by atoms with Crippen molar-refractivity contribution in [2.24, 2.45) is 5.73 Å². The summed E-state index contributed by atoms with van der Waals surface area (Å²) in [4.78, 5) is 48.6. The van der Waals surface area contributed by atoms with Gasteiger partial charge in [-0.3, -0.25) is 9.59 Å². The zero-order valence-corrected chi connectivity index (χ0v) is 19.6. The Morgan fingerprint density at radius 1 is 0.889 bits per heavy atom. The minimum Gasteiger partial charge on any atom is -0.480 e. The molecule has 0 aliphatic heterocycles. The van der Waals surface area contributed by atoms with E-state index >= 15 is 0 Å². The van der Waals surface area contributed by atoms with Gasteiger partial charge >= 0.3 is 12.1 Å². The van der Waals surface area contributed by atoms with E-state index in [0.29, 0.717) is 11.3 Å². The molecule has 0 saturated carbocycles. The minimum atomic E-state index is -1.25. The van der Waals surface area contributed by atoms with Gasteiger partial charge in [0.2, 0.25) is 11.8 Å². The first kappa shape index (κ1) is 28.1. The number of anilines is 1. The number of alkyl carbamates (subject to hydrolysis) is 1. The average molecular weight is 502 g/mol. The molecule has 0 saturated heterocycles. The number of rotatable bonds is 13. The number of hydrogen-bond acceptors (Lipinski definition) is 8. The first-order valence-corrected chi connectivity index (χ1v) is 11.2. The molecule has 3 unspecified atom stereocenters. The maximum absolute atomic E-state index is 12.6. The molecule has 0 radical (unpaired) electrons. The summed E-state index contributed by atoms with van der Waals surface area (Å²) in [5.41, 5.74) is 12.9. The van der Waals surface area contributed by atoms with Crippen molar-refractivity contribution in [2.45, 2.75) is 44.2 Å². The van der Waals surface area contributed by atoms with Crippen LogP contribution in [0.4, 0.5) is 10.5 Å². The Balaban J connectivity index is 1.89. The van der Waals surface area contributed by atoms with Gasteiger partial charge in [0.15, 0.2) is 0 Å². The Morgan fingerprint density at radius 3 is 2.17 bits per heavy atom. The summed E-state index contributed by atoms with van der Waals surface area (Å²) in [5.74, 6) is -2.72. The van der Waals surface area contributed by atoms with Crippen LogP contribution in [0.15, 0.2) is 54.6 Å². The van der Waals surface area contributed by atoms with Gasteiger partial charge in [-0.1, -0.05) is 42.5 Å². The smallest absolute Gasteiger partial charge is 0.408 e. The molecule has 0 aromatic heterocycles. The molecule has 36 heavy (non-hydrogen) atoms. The molecule has 2 rings (SSSR count). The van der Waals surface area contributed by atoms with E-state index in [0.717, 1.165) is 5.56 Å². The zero-order chi connectivity index (χ0) is 26.5. The number of aliphatic carboxylic acids is 1. The van der Waals surface area contributed by atoms with E-state index in [4.69, 9.17) is 16.2 Å². The van der Waals surface area contributed by atoms with Crippen LogP contribution >= 0.6 is 0 Å². The molecule has 0 fully saturated rings. The first-order chi connectivity index (χ1) is 17.1. The molecular formula is C24H31N5O7. The zero-order valence-electron chi connectivity index (χ0n) is 19.6. The van der Waals surface area contributed by atoms with E-state index in [2.05, 4.69) is 16.0 Å². The first-order valence-electron chi connectivity index (χ1n) is 11.2. The van der Waals surface area contributed by atoms with Crippen molar-refractivity contribution in [3.63, 3.8) is 0 Å². The van der Waals surface area contributed by atoms with Crippen LogP contribution in [0.25, 0.3) is 0 Å². The van der Waals surface area contributed by atoms with E-state index in [1.807, 2.05) is 6.07 Å². The molecule has 9 N–H and O–H groups in total. The number of nitrogen functional groups attached to an aromatic ring is 1. The number of carboxylic acid groups (broad SMARTS) is 1. The summed E-state index contributed by atoms with van der Waals surface area (Å²) in [6.07, 6.45) is -2.10. The number of aliphatic hydroxyl groups is 1. The number of carboxylic acids is 1. The van der Waals surface area contributed by atoms with Crippen LogP contribution in [-0.4, -0.2) is 58.9 Å². The largest absolute Gasteiger partial charge is 0.480 e. The molecule has 0 heterocycles. The number of nitrogens with two attached hydrogens (primary N) is 2. The number of carbonyl (C=O) groups is 4. The van der Waals surface area contributed by atoms with Gasteiger partial charge in [0.1, 0.15) is 24.9 Å². The summed E-state index contributed by atoms with van der Waals surface area (Å²) in [6, 6.07) is 13.1. The van der Waals surface area contributed by atoms with Crippen LogP contribution in [0.2, 0.25) is 0 Å².